The minimum atomic E-state index is -0.740. The van der Waals surface area contributed by atoms with Gasteiger partial charge < -0.3 is 10.0 Å². The van der Waals surface area contributed by atoms with Gasteiger partial charge in [-0.3, -0.25) is 9.59 Å². The second-order valence-corrected chi connectivity index (χ2v) is 6.36. The third-order valence-electron chi connectivity index (χ3n) is 4.80. The van der Waals surface area contributed by atoms with Gasteiger partial charge in [-0.15, -0.1) is 0 Å². The molecule has 0 aliphatic carbocycles. The van der Waals surface area contributed by atoms with E-state index >= 15 is 0 Å². The van der Waals surface area contributed by atoms with E-state index in [1.54, 1.807) is 4.90 Å². The molecular formula is C15H27N3O3. The van der Waals surface area contributed by atoms with E-state index in [0.717, 1.165) is 12.8 Å². The maximum Gasteiger partial charge on any atom is 0.306 e. The molecule has 0 saturated carbocycles. The summed E-state index contributed by atoms with van der Waals surface area (Å²) >= 11 is 0. The third-order valence-corrected chi connectivity index (χ3v) is 4.80. The van der Waals surface area contributed by atoms with Crippen molar-refractivity contribution in [3.05, 3.63) is 0 Å². The smallest absolute Gasteiger partial charge is 0.306 e. The number of carbonyl (C=O) groups is 2. The maximum absolute atomic E-state index is 12.2. The van der Waals surface area contributed by atoms with E-state index in [-0.39, 0.29) is 11.8 Å². The van der Waals surface area contributed by atoms with Gasteiger partial charge in [0, 0.05) is 25.2 Å². The van der Waals surface area contributed by atoms with Crippen LogP contribution < -0.4 is 5.43 Å². The second kappa shape index (κ2) is 7.22. The summed E-state index contributed by atoms with van der Waals surface area (Å²) in [5.41, 5.74) is 3.28. The number of amides is 1. The van der Waals surface area contributed by atoms with E-state index in [4.69, 9.17) is 5.11 Å². The largest absolute Gasteiger partial charge is 0.481 e. The van der Waals surface area contributed by atoms with E-state index in [1.807, 2.05) is 0 Å². The number of hydrogen-bond donors (Lipinski definition) is 2. The first-order valence-corrected chi connectivity index (χ1v) is 8.01. The molecule has 6 heteroatoms. The first kappa shape index (κ1) is 16.2. The molecular weight excluding hydrogens is 270 g/mol. The molecule has 2 heterocycles. The zero-order valence-electron chi connectivity index (χ0n) is 13.0. The lowest BCUT2D eigenvalue weighted by molar-refractivity contribution is -0.145. The van der Waals surface area contributed by atoms with E-state index < -0.39 is 5.97 Å². The lowest BCUT2D eigenvalue weighted by Crippen LogP contribution is -2.55. The van der Waals surface area contributed by atoms with E-state index in [1.165, 1.54) is 6.42 Å². The second-order valence-electron chi connectivity index (χ2n) is 6.36. The van der Waals surface area contributed by atoms with Crippen LogP contribution in [0.4, 0.5) is 0 Å². The number of carbonyl (C=O) groups excluding carboxylic acids is 1. The molecule has 2 saturated heterocycles. The molecule has 2 aliphatic heterocycles. The third kappa shape index (κ3) is 4.17. The summed E-state index contributed by atoms with van der Waals surface area (Å²) in [6, 6.07) is 0.915. The van der Waals surface area contributed by atoms with Crippen molar-refractivity contribution in [1.29, 1.82) is 0 Å². The van der Waals surface area contributed by atoms with Gasteiger partial charge in [-0.2, -0.15) is 0 Å². The number of aliphatic carboxylic acids is 1. The van der Waals surface area contributed by atoms with Crippen LogP contribution in [0, 0.1) is 5.92 Å². The van der Waals surface area contributed by atoms with Crippen molar-refractivity contribution in [3.8, 4) is 0 Å². The zero-order chi connectivity index (χ0) is 15.4. The van der Waals surface area contributed by atoms with Gasteiger partial charge in [0.15, 0.2) is 0 Å². The number of hydrogen-bond acceptors (Lipinski definition) is 4. The highest BCUT2D eigenvalue weighted by atomic mass is 16.4. The average molecular weight is 297 g/mol. The predicted molar refractivity (Wildman–Crippen MR) is 79.6 cm³/mol. The number of carboxylic acid groups (broad SMARTS) is 1. The standard InChI is InChI=1S/C15H27N3O3/c1-11-4-3-5-12(2)18(11)16-10-14(19)17-8-6-13(7-9-17)15(20)21/h11-13,16H,3-10H2,1-2H3,(H,20,21). The van der Waals surface area contributed by atoms with Crippen LogP contribution in [0.2, 0.25) is 0 Å². The molecule has 1 amide bonds. The molecule has 0 bridgehead atoms. The molecule has 21 heavy (non-hydrogen) atoms. The van der Waals surface area contributed by atoms with Crippen LogP contribution in [0.3, 0.4) is 0 Å². The van der Waals surface area contributed by atoms with Crippen LogP contribution in [0.15, 0.2) is 0 Å². The Balaban J connectivity index is 1.76. The van der Waals surface area contributed by atoms with E-state index in [0.29, 0.717) is 44.6 Å². The van der Waals surface area contributed by atoms with E-state index in [2.05, 4.69) is 24.3 Å². The van der Waals surface area contributed by atoms with E-state index in [9.17, 15) is 9.59 Å². The van der Waals surface area contributed by atoms with Gasteiger partial charge in [0.2, 0.25) is 5.91 Å². The number of carboxylic acids is 1. The molecule has 2 rings (SSSR count). The fourth-order valence-electron chi connectivity index (χ4n) is 3.38. The van der Waals surface area contributed by atoms with Crippen molar-refractivity contribution >= 4 is 11.9 Å². The number of nitrogens with one attached hydrogen (secondary N) is 1. The molecule has 2 fully saturated rings. The van der Waals surface area contributed by atoms with Crippen molar-refractivity contribution < 1.29 is 14.7 Å². The quantitative estimate of drug-likeness (QED) is 0.812. The van der Waals surface area contributed by atoms with Crippen molar-refractivity contribution in [1.82, 2.24) is 15.3 Å². The summed E-state index contributed by atoms with van der Waals surface area (Å²) in [6.45, 7) is 5.80. The minimum absolute atomic E-state index is 0.0730. The number of piperidine rings is 2. The SMILES string of the molecule is CC1CCCC(C)N1NCC(=O)N1CCC(C(=O)O)CC1. The monoisotopic (exact) mass is 297 g/mol. The Morgan fingerprint density at radius 1 is 1.10 bits per heavy atom. The fourth-order valence-corrected chi connectivity index (χ4v) is 3.38. The van der Waals surface area contributed by atoms with Crippen LogP contribution in [0.5, 0.6) is 0 Å². The average Bonchev–Trinajstić information content (AvgIpc) is 2.46. The van der Waals surface area contributed by atoms with Crippen molar-refractivity contribution in [2.75, 3.05) is 19.6 Å². The Morgan fingerprint density at radius 3 is 2.19 bits per heavy atom. The van der Waals surface area contributed by atoms with Gasteiger partial charge in [-0.25, -0.2) is 10.4 Å². The molecule has 120 valence electrons. The molecule has 0 radical (unpaired) electrons. The van der Waals surface area contributed by atoms with Gasteiger partial charge in [0.1, 0.15) is 0 Å². The molecule has 2 N–H and O–H groups in total. The topological polar surface area (TPSA) is 72.9 Å². The summed E-state index contributed by atoms with van der Waals surface area (Å²) in [5.74, 6) is -0.954. The van der Waals surface area contributed by atoms with Crippen LogP contribution in [-0.4, -0.2) is 58.6 Å². The highest BCUT2D eigenvalue weighted by Crippen LogP contribution is 2.20. The predicted octanol–water partition coefficient (Wildman–Crippen LogP) is 1.08. The van der Waals surface area contributed by atoms with Gasteiger partial charge in [-0.1, -0.05) is 6.42 Å². The fraction of sp³-hybridized carbons (Fsp3) is 0.867. The molecule has 2 atom stereocenters. The van der Waals surface area contributed by atoms with Crippen molar-refractivity contribution in [3.63, 3.8) is 0 Å². The molecule has 2 unspecified atom stereocenters. The maximum atomic E-state index is 12.2. The van der Waals surface area contributed by atoms with Crippen LogP contribution in [-0.2, 0) is 9.59 Å². The highest BCUT2D eigenvalue weighted by Gasteiger charge is 2.28. The van der Waals surface area contributed by atoms with Crippen LogP contribution in [0.1, 0.15) is 46.0 Å². The Bertz CT molecular complexity index is 370. The van der Waals surface area contributed by atoms with Crippen LogP contribution in [0.25, 0.3) is 0 Å². The van der Waals surface area contributed by atoms with Gasteiger partial charge in [-0.05, 0) is 39.5 Å². The Hall–Kier alpha value is -1.14. The number of nitrogens with zero attached hydrogens (tertiary/aromatic N) is 2. The van der Waals surface area contributed by atoms with Gasteiger partial charge in [0.05, 0.1) is 12.5 Å². The van der Waals surface area contributed by atoms with Crippen molar-refractivity contribution in [2.45, 2.75) is 58.0 Å². The lowest BCUT2D eigenvalue weighted by Gasteiger charge is -2.39. The first-order chi connectivity index (χ1) is 9.99. The molecule has 6 nitrogen and oxygen atoms in total. The summed E-state index contributed by atoms with van der Waals surface area (Å²) in [5, 5.41) is 11.2. The highest BCUT2D eigenvalue weighted by molar-refractivity contribution is 5.78. The van der Waals surface area contributed by atoms with Crippen LogP contribution >= 0.6 is 0 Å². The Kier molecular flexibility index (Phi) is 5.58. The first-order valence-electron chi connectivity index (χ1n) is 8.01. The summed E-state index contributed by atoms with van der Waals surface area (Å²) in [6.07, 6.45) is 4.71. The normalized spacial score (nSPS) is 28.6. The molecule has 2 aliphatic rings. The molecule has 0 aromatic heterocycles. The summed E-state index contributed by atoms with van der Waals surface area (Å²) < 4.78 is 0. The number of hydrazine groups is 1. The zero-order valence-corrected chi connectivity index (χ0v) is 13.0. The lowest BCUT2D eigenvalue weighted by atomic mass is 9.97. The number of rotatable bonds is 4. The van der Waals surface area contributed by atoms with Gasteiger partial charge >= 0.3 is 5.97 Å². The summed E-state index contributed by atoms with van der Waals surface area (Å²) in [4.78, 5) is 24.9. The minimum Gasteiger partial charge on any atom is -0.481 e. The molecule has 0 aromatic rings. The molecule has 0 spiro atoms. The van der Waals surface area contributed by atoms with Gasteiger partial charge in [0.25, 0.3) is 0 Å². The number of likely N-dealkylation sites (tertiary alicyclic amines) is 1. The molecule has 0 aromatic carbocycles. The Labute approximate surface area is 126 Å². The summed E-state index contributed by atoms with van der Waals surface area (Å²) in [7, 11) is 0. The van der Waals surface area contributed by atoms with Crippen molar-refractivity contribution in [2.24, 2.45) is 5.92 Å². The Morgan fingerprint density at radius 2 is 1.67 bits per heavy atom.